The molecule has 5 heteroatoms. The molecule has 26 heavy (non-hydrogen) atoms. The number of benzene rings is 1. The van der Waals surface area contributed by atoms with E-state index in [4.69, 9.17) is 17.0 Å². The van der Waals surface area contributed by atoms with Crippen molar-refractivity contribution in [3.63, 3.8) is 0 Å². The molecule has 0 unspecified atom stereocenters. The minimum atomic E-state index is -0.0621. The number of ether oxygens (including phenoxy) is 1. The standard InChI is InChI=1S/C21H34N2O2S/c1-15(2)23(16(3)4)20(26)22-19(24)9-8-14-25-18-12-10-17(11-13-18)21(5,6)7/h10-13,15-16H,8-9,14H2,1-7H3,(H,22,24,26). The molecule has 0 bridgehead atoms. The van der Waals surface area contributed by atoms with Crippen LogP contribution in [0.15, 0.2) is 24.3 Å². The Kier molecular flexibility index (Phi) is 8.54. The molecular weight excluding hydrogens is 344 g/mol. The average molecular weight is 379 g/mol. The first-order chi connectivity index (χ1) is 12.0. The van der Waals surface area contributed by atoms with E-state index in [1.54, 1.807) is 0 Å². The molecule has 0 saturated carbocycles. The lowest BCUT2D eigenvalue weighted by Gasteiger charge is -2.33. The minimum Gasteiger partial charge on any atom is -0.494 e. The number of hydrogen-bond donors (Lipinski definition) is 1. The van der Waals surface area contributed by atoms with Gasteiger partial charge in [-0.1, -0.05) is 32.9 Å². The molecule has 0 spiro atoms. The van der Waals surface area contributed by atoms with Crippen molar-refractivity contribution in [2.24, 2.45) is 0 Å². The second-order valence-electron chi connectivity index (χ2n) is 8.17. The fourth-order valence-electron chi connectivity index (χ4n) is 2.79. The van der Waals surface area contributed by atoms with Crippen LogP contribution in [0.5, 0.6) is 5.75 Å². The lowest BCUT2D eigenvalue weighted by atomic mass is 9.87. The Labute approximate surface area is 164 Å². The van der Waals surface area contributed by atoms with Gasteiger partial charge in [0.15, 0.2) is 5.11 Å². The Morgan fingerprint density at radius 3 is 2.12 bits per heavy atom. The van der Waals surface area contributed by atoms with Gasteiger partial charge in [0.25, 0.3) is 0 Å². The third kappa shape index (κ3) is 7.32. The summed E-state index contributed by atoms with van der Waals surface area (Å²) < 4.78 is 5.73. The van der Waals surface area contributed by atoms with Gasteiger partial charge in [-0.25, -0.2) is 0 Å². The summed E-state index contributed by atoms with van der Waals surface area (Å²) in [4.78, 5) is 14.1. The molecule has 0 radical (unpaired) electrons. The molecule has 0 atom stereocenters. The van der Waals surface area contributed by atoms with Crippen LogP contribution in [0, 0.1) is 0 Å². The van der Waals surface area contributed by atoms with Crippen LogP contribution in [0.25, 0.3) is 0 Å². The van der Waals surface area contributed by atoms with Gasteiger partial charge in [0.2, 0.25) is 5.91 Å². The van der Waals surface area contributed by atoms with Crippen LogP contribution in [-0.2, 0) is 10.2 Å². The smallest absolute Gasteiger partial charge is 0.226 e. The summed E-state index contributed by atoms with van der Waals surface area (Å²) in [6, 6.07) is 8.65. The second kappa shape index (κ2) is 9.91. The predicted molar refractivity (Wildman–Crippen MR) is 113 cm³/mol. The van der Waals surface area contributed by atoms with Crippen molar-refractivity contribution in [1.29, 1.82) is 0 Å². The zero-order chi connectivity index (χ0) is 19.9. The van der Waals surface area contributed by atoms with Gasteiger partial charge < -0.3 is 15.0 Å². The monoisotopic (exact) mass is 378 g/mol. The molecule has 0 heterocycles. The van der Waals surface area contributed by atoms with Gasteiger partial charge in [-0.3, -0.25) is 4.79 Å². The van der Waals surface area contributed by atoms with E-state index >= 15 is 0 Å². The highest BCUT2D eigenvalue weighted by molar-refractivity contribution is 7.80. The first kappa shape index (κ1) is 22.4. The van der Waals surface area contributed by atoms with Crippen LogP contribution in [0.4, 0.5) is 0 Å². The summed E-state index contributed by atoms with van der Waals surface area (Å²) in [5.41, 5.74) is 1.41. The summed E-state index contributed by atoms with van der Waals surface area (Å²) in [5, 5.41) is 3.33. The summed E-state index contributed by atoms with van der Waals surface area (Å²) in [7, 11) is 0. The number of rotatable bonds is 7. The molecule has 0 aromatic heterocycles. The van der Waals surface area contributed by atoms with Crippen molar-refractivity contribution in [2.45, 2.75) is 78.8 Å². The van der Waals surface area contributed by atoms with E-state index in [-0.39, 0.29) is 23.4 Å². The molecule has 1 aromatic rings. The van der Waals surface area contributed by atoms with E-state index < -0.39 is 0 Å². The quantitative estimate of drug-likeness (QED) is 0.553. The minimum absolute atomic E-state index is 0.0621. The predicted octanol–water partition coefficient (Wildman–Crippen LogP) is 4.66. The topological polar surface area (TPSA) is 41.6 Å². The van der Waals surface area contributed by atoms with E-state index in [2.05, 4.69) is 65.9 Å². The van der Waals surface area contributed by atoms with Gasteiger partial charge in [-0.2, -0.15) is 0 Å². The molecule has 0 fully saturated rings. The zero-order valence-corrected chi connectivity index (χ0v) is 18.1. The molecule has 146 valence electrons. The number of carbonyl (C=O) groups excluding carboxylic acids is 1. The maximum Gasteiger partial charge on any atom is 0.226 e. The Bertz CT molecular complexity index is 581. The maximum atomic E-state index is 12.1. The molecule has 1 N–H and O–H groups in total. The van der Waals surface area contributed by atoms with E-state index in [1.165, 1.54) is 5.56 Å². The molecule has 4 nitrogen and oxygen atoms in total. The normalized spacial score (nSPS) is 11.6. The summed E-state index contributed by atoms with van der Waals surface area (Å²) in [5.74, 6) is 0.771. The highest BCUT2D eigenvalue weighted by atomic mass is 32.1. The van der Waals surface area contributed by atoms with E-state index in [9.17, 15) is 4.79 Å². The lowest BCUT2D eigenvalue weighted by molar-refractivity contribution is -0.120. The van der Waals surface area contributed by atoms with Gasteiger partial charge in [-0.05, 0) is 69.4 Å². The molecule has 0 aliphatic heterocycles. The number of hydrogen-bond acceptors (Lipinski definition) is 3. The van der Waals surface area contributed by atoms with Gasteiger partial charge >= 0.3 is 0 Å². The number of thiocarbonyl (C=S) groups is 1. The molecule has 0 saturated heterocycles. The van der Waals surface area contributed by atoms with Gasteiger partial charge in [0, 0.05) is 18.5 Å². The van der Waals surface area contributed by atoms with Gasteiger partial charge in [-0.15, -0.1) is 0 Å². The SMILES string of the molecule is CC(C)N(C(=S)NC(=O)CCCOc1ccc(C(C)(C)C)cc1)C(C)C. The number of nitrogens with zero attached hydrogens (tertiary/aromatic N) is 1. The molecule has 1 aromatic carbocycles. The first-order valence-electron chi connectivity index (χ1n) is 9.38. The Morgan fingerprint density at radius 1 is 1.12 bits per heavy atom. The van der Waals surface area contributed by atoms with Crippen LogP contribution in [0.2, 0.25) is 0 Å². The van der Waals surface area contributed by atoms with Crippen molar-refractivity contribution in [3.8, 4) is 5.75 Å². The Balaban J connectivity index is 2.37. The van der Waals surface area contributed by atoms with E-state index in [0.717, 1.165) is 5.75 Å². The molecule has 1 rings (SSSR count). The van der Waals surface area contributed by atoms with Crippen molar-refractivity contribution in [3.05, 3.63) is 29.8 Å². The molecule has 0 aliphatic rings. The fraction of sp³-hybridized carbons (Fsp3) is 0.619. The van der Waals surface area contributed by atoms with E-state index in [1.807, 2.05) is 17.0 Å². The van der Waals surface area contributed by atoms with Crippen LogP contribution in [-0.4, -0.2) is 34.6 Å². The zero-order valence-electron chi connectivity index (χ0n) is 17.3. The third-order valence-electron chi connectivity index (χ3n) is 4.13. The van der Waals surface area contributed by atoms with Gasteiger partial charge in [0.1, 0.15) is 5.75 Å². The number of carbonyl (C=O) groups is 1. The highest BCUT2D eigenvalue weighted by Crippen LogP contribution is 2.24. The van der Waals surface area contributed by atoms with Crippen molar-refractivity contribution >= 4 is 23.2 Å². The van der Waals surface area contributed by atoms with Crippen LogP contribution in [0.3, 0.4) is 0 Å². The first-order valence-corrected chi connectivity index (χ1v) is 9.78. The van der Waals surface area contributed by atoms with Crippen molar-refractivity contribution < 1.29 is 9.53 Å². The largest absolute Gasteiger partial charge is 0.494 e. The molecule has 1 amide bonds. The third-order valence-corrected chi connectivity index (χ3v) is 4.44. The average Bonchev–Trinajstić information content (AvgIpc) is 2.50. The number of amides is 1. The van der Waals surface area contributed by atoms with Crippen LogP contribution < -0.4 is 10.1 Å². The highest BCUT2D eigenvalue weighted by Gasteiger charge is 2.18. The van der Waals surface area contributed by atoms with Crippen LogP contribution in [0.1, 0.15) is 66.9 Å². The maximum absolute atomic E-state index is 12.1. The van der Waals surface area contributed by atoms with Crippen molar-refractivity contribution in [2.75, 3.05) is 6.61 Å². The van der Waals surface area contributed by atoms with Crippen LogP contribution >= 0.6 is 12.2 Å². The Hall–Kier alpha value is -1.62. The lowest BCUT2D eigenvalue weighted by Crippen LogP contribution is -2.49. The number of nitrogens with one attached hydrogen (secondary N) is 1. The summed E-state index contributed by atoms with van der Waals surface area (Å²) in [6.07, 6.45) is 1.04. The fourth-order valence-corrected chi connectivity index (χ4v) is 3.32. The summed E-state index contributed by atoms with van der Waals surface area (Å²) in [6.45, 7) is 15.3. The summed E-state index contributed by atoms with van der Waals surface area (Å²) >= 11 is 5.36. The molecule has 0 aliphatic carbocycles. The Morgan fingerprint density at radius 2 is 1.65 bits per heavy atom. The molecular formula is C21H34N2O2S. The second-order valence-corrected chi connectivity index (χ2v) is 8.56. The van der Waals surface area contributed by atoms with Crippen molar-refractivity contribution in [1.82, 2.24) is 10.2 Å². The van der Waals surface area contributed by atoms with E-state index in [0.29, 0.717) is 24.6 Å². The van der Waals surface area contributed by atoms with Gasteiger partial charge in [0.05, 0.1) is 6.61 Å².